The molecule has 20 heavy (non-hydrogen) atoms. The highest BCUT2D eigenvalue weighted by molar-refractivity contribution is 7.10. The minimum absolute atomic E-state index is 0.608. The summed E-state index contributed by atoms with van der Waals surface area (Å²) in [4.78, 5) is 5.54. The van der Waals surface area contributed by atoms with Gasteiger partial charge in [-0.3, -0.25) is 4.99 Å². The zero-order valence-electron chi connectivity index (χ0n) is 12.1. The van der Waals surface area contributed by atoms with Crippen molar-refractivity contribution in [2.24, 2.45) is 4.99 Å². The van der Waals surface area contributed by atoms with E-state index in [0.717, 1.165) is 24.9 Å². The first-order valence-corrected chi connectivity index (χ1v) is 7.46. The van der Waals surface area contributed by atoms with Crippen molar-refractivity contribution in [2.75, 3.05) is 7.05 Å². The van der Waals surface area contributed by atoms with Gasteiger partial charge in [-0.05, 0) is 30.9 Å². The van der Waals surface area contributed by atoms with Gasteiger partial charge in [-0.25, -0.2) is 0 Å². The first-order chi connectivity index (χ1) is 9.74. The van der Waals surface area contributed by atoms with Gasteiger partial charge in [0.15, 0.2) is 11.8 Å². The Hall–Kier alpha value is -1.89. The van der Waals surface area contributed by atoms with Crippen LogP contribution in [0.4, 0.5) is 0 Å². The molecule has 2 aromatic rings. The van der Waals surface area contributed by atoms with Crippen molar-refractivity contribution in [3.63, 3.8) is 0 Å². The van der Waals surface area contributed by atoms with Crippen molar-refractivity contribution >= 4 is 17.3 Å². The molecule has 0 unspecified atom stereocenters. The van der Waals surface area contributed by atoms with E-state index in [1.54, 1.807) is 24.7 Å². The smallest absolute Gasteiger partial charge is 0.191 e. The average molecular weight is 292 g/mol. The van der Waals surface area contributed by atoms with Crippen LogP contribution in [-0.2, 0) is 19.6 Å². The Bertz CT molecular complexity index is 571. The third kappa shape index (κ3) is 3.57. The van der Waals surface area contributed by atoms with Crippen molar-refractivity contribution in [3.05, 3.63) is 34.0 Å². The maximum Gasteiger partial charge on any atom is 0.191 e. The molecule has 6 nitrogen and oxygen atoms in total. The van der Waals surface area contributed by atoms with Gasteiger partial charge in [0.25, 0.3) is 0 Å². The number of aromatic nitrogens is 3. The van der Waals surface area contributed by atoms with Crippen LogP contribution < -0.4 is 10.6 Å². The second-order valence-corrected chi connectivity index (χ2v) is 5.34. The van der Waals surface area contributed by atoms with Gasteiger partial charge >= 0.3 is 0 Å². The molecule has 0 atom stereocenters. The van der Waals surface area contributed by atoms with Crippen LogP contribution >= 0.6 is 11.3 Å². The average Bonchev–Trinajstić information content (AvgIpc) is 3.08. The lowest BCUT2D eigenvalue weighted by Crippen LogP contribution is -2.36. The van der Waals surface area contributed by atoms with Gasteiger partial charge in [-0.15, -0.1) is 21.5 Å². The summed E-state index contributed by atoms with van der Waals surface area (Å²) in [6.45, 7) is 6.44. The SMILES string of the molecule is CCn1cnnc1CNC(=NC)NCc1sccc1C. The topological polar surface area (TPSA) is 67.1 Å². The number of aryl methyl sites for hydroxylation is 2. The molecule has 0 aliphatic rings. The largest absolute Gasteiger partial charge is 0.352 e. The number of thiophene rings is 1. The quantitative estimate of drug-likeness (QED) is 0.648. The molecule has 2 rings (SSSR count). The second kappa shape index (κ2) is 7.04. The minimum atomic E-state index is 0.608. The van der Waals surface area contributed by atoms with Crippen LogP contribution in [0, 0.1) is 6.92 Å². The number of nitrogens with zero attached hydrogens (tertiary/aromatic N) is 4. The van der Waals surface area contributed by atoms with E-state index >= 15 is 0 Å². The molecule has 0 saturated carbocycles. The van der Waals surface area contributed by atoms with Gasteiger partial charge in [0.05, 0.1) is 13.1 Å². The summed E-state index contributed by atoms with van der Waals surface area (Å²) in [5.41, 5.74) is 1.31. The van der Waals surface area contributed by atoms with Crippen LogP contribution in [0.2, 0.25) is 0 Å². The molecule has 7 heteroatoms. The summed E-state index contributed by atoms with van der Waals surface area (Å²) in [5.74, 6) is 1.67. The van der Waals surface area contributed by atoms with Crippen molar-refractivity contribution in [1.82, 2.24) is 25.4 Å². The molecule has 2 heterocycles. The highest BCUT2D eigenvalue weighted by Crippen LogP contribution is 2.14. The lowest BCUT2D eigenvalue weighted by molar-refractivity contribution is 0.670. The van der Waals surface area contributed by atoms with E-state index in [1.807, 2.05) is 4.57 Å². The van der Waals surface area contributed by atoms with E-state index in [0.29, 0.717) is 6.54 Å². The first-order valence-electron chi connectivity index (χ1n) is 6.58. The van der Waals surface area contributed by atoms with Gasteiger partial charge in [-0.1, -0.05) is 0 Å². The monoisotopic (exact) mass is 292 g/mol. The zero-order valence-corrected chi connectivity index (χ0v) is 12.9. The molecule has 0 aliphatic carbocycles. The Morgan fingerprint density at radius 1 is 1.40 bits per heavy atom. The maximum absolute atomic E-state index is 4.21. The predicted octanol–water partition coefficient (Wildman–Crippen LogP) is 1.53. The Morgan fingerprint density at radius 2 is 2.20 bits per heavy atom. The molecule has 2 aromatic heterocycles. The molecular weight excluding hydrogens is 272 g/mol. The van der Waals surface area contributed by atoms with E-state index in [2.05, 4.69) is 51.1 Å². The number of hydrogen-bond acceptors (Lipinski definition) is 4. The van der Waals surface area contributed by atoms with Gasteiger partial charge in [0.2, 0.25) is 0 Å². The predicted molar refractivity (Wildman–Crippen MR) is 81.8 cm³/mol. The fourth-order valence-corrected chi connectivity index (χ4v) is 2.66. The Kier molecular flexibility index (Phi) is 5.11. The van der Waals surface area contributed by atoms with Gasteiger partial charge in [0, 0.05) is 18.5 Å². The highest BCUT2D eigenvalue weighted by atomic mass is 32.1. The molecule has 108 valence electrons. The van der Waals surface area contributed by atoms with E-state index in [-0.39, 0.29) is 0 Å². The van der Waals surface area contributed by atoms with Crippen molar-refractivity contribution in [1.29, 1.82) is 0 Å². The lowest BCUT2D eigenvalue weighted by Gasteiger charge is -2.11. The Labute approximate surface area is 123 Å². The van der Waals surface area contributed by atoms with Crippen LogP contribution in [0.3, 0.4) is 0 Å². The number of rotatable bonds is 5. The van der Waals surface area contributed by atoms with Crippen molar-refractivity contribution < 1.29 is 0 Å². The molecule has 0 spiro atoms. The lowest BCUT2D eigenvalue weighted by atomic mass is 10.3. The Morgan fingerprint density at radius 3 is 2.85 bits per heavy atom. The number of guanidine groups is 1. The summed E-state index contributed by atoms with van der Waals surface area (Å²) in [7, 11) is 1.77. The fourth-order valence-electron chi connectivity index (χ4n) is 1.81. The molecule has 0 aliphatic heterocycles. The second-order valence-electron chi connectivity index (χ2n) is 4.34. The molecule has 0 saturated heterocycles. The zero-order chi connectivity index (χ0) is 14.4. The van der Waals surface area contributed by atoms with E-state index < -0.39 is 0 Å². The minimum Gasteiger partial charge on any atom is -0.352 e. The van der Waals surface area contributed by atoms with Gasteiger partial charge in [0.1, 0.15) is 6.33 Å². The summed E-state index contributed by atoms with van der Waals surface area (Å²) in [5, 5.41) is 16.7. The van der Waals surface area contributed by atoms with Crippen LogP contribution in [0.15, 0.2) is 22.8 Å². The highest BCUT2D eigenvalue weighted by Gasteiger charge is 2.05. The maximum atomic E-state index is 4.21. The van der Waals surface area contributed by atoms with E-state index in [9.17, 15) is 0 Å². The van der Waals surface area contributed by atoms with Crippen molar-refractivity contribution in [2.45, 2.75) is 33.5 Å². The molecule has 0 amide bonds. The fraction of sp³-hybridized carbons (Fsp3) is 0.462. The molecule has 2 N–H and O–H groups in total. The van der Waals surface area contributed by atoms with E-state index in [4.69, 9.17) is 0 Å². The summed E-state index contributed by atoms with van der Waals surface area (Å²) < 4.78 is 2.00. The van der Waals surface area contributed by atoms with Gasteiger partial charge < -0.3 is 15.2 Å². The number of aliphatic imine (C=N–C) groups is 1. The number of nitrogens with one attached hydrogen (secondary N) is 2. The normalized spacial score (nSPS) is 11.7. The van der Waals surface area contributed by atoms with Crippen LogP contribution in [0.1, 0.15) is 23.2 Å². The Balaban J connectivity index is 1.86. The number of hydrogen-bond donors (Lipinski definition) is 2. The third-order valence-electron chi connectivity index (χ3n) is 3.06. The molecular formula is C13H20N6S. The van der Waals surface area contributed by atoms with Crippen LogP contribution in [0.5, 0.6) is 0 Å². The third-order valence-corrected chi connectivity index (χ3v) is 4.08. The molecule has 0 fully saturated rings. The summed E-state index contributed by atoms with van der Waals surface area (Å²) in [6.07, 6.45) is 1.74. The molecule has 0 bridgehead atoms. The molecule has 0 aromatic carbocycles. The first kappa shape index (κ1) is 14.5. The molecule has 0 radical (unpaired) electrons. The van der Waals surface area contributed by atoms with Crippen molar-refractivity contribution in [3.8, 4) is 0 Å². The summed E-state index contributed by atoms with van der Waals surface area (Å²) >= 11 is 1.75. The van der Waals surface area contributed by atoms with E-state index in [1.165, 1.54) is 10.4 Å². The van der Waals surface area contributed by atoms with Gasteiger partial charge in [-0.2, -0.15) is 0 Å². The van der Waals surface area contributed by atoms with Crippen LogP contribution in [0.25, 0.3) is 0 Å². The van der Waals surface area contributed by atoms with Crippen LogP contribution in [-0.4, -0.2) is 27.8 Å². The standard InChI is InChI=1S/C13H20N6S/c1-4-19-9-17-18-12(19)8-16-13(14-3)15-7-11-10(2)5-6-20-11/h5-6,9H,4,7-8H2,1-3H3,(H2,14,15,16). The summed E-state index contributed by atoms with van der Waals surface area (Å²) in [6, 6.07) is 2.13.